The van der Waals surface area contributed by atoms with Gasteiger partial charge in [0.1, 0.15) is 0 Å². The monoisotopic (exact) mass is 288 g/mol. The van der Waals surface area contributed by atoms with Crippen LogP contribution in [0.25, 0.3) is 0 Å². The van der Waals surface area contributed by atoms with E-state index in [9.17, 15) is 9.18 Å². The topological polar surface area (TPSA) is 50.4 Å². The molecule has 2 N–H and O–H groups in total. The third-order valence-electron chi connectivity index (χ3n) is 2.93. The number of carbonyl (C=O) groups excluding carboxylic acids is 1. The van der Waals surface area contributed by atoms with Crippen LogP contribution in [0.1, 0.15) is 13.3 Å². The molecule has 6 heteroatoms. The number of anilines is 1. The van der Waals surface area contributed by atoms with Crippen LogP contribution in [-0.2, 0) is 4.79 Å². The Balaban J connectivity index is 0.00000180. The molecule has 1 heterocycles. The summed E-state index contributed by atoms with van der Waals surface area (Å²) in [7, 11) is 0. The van der Waals surface area contributed by atoms with E-state index < -0.39 is 5.82 Å². The quantitative estimate of drug-likeness (QED) is 0.893. The molecule has 0 bridgehead atoms. The van der Waals surface area contributed by atoms with Gasteiger partial charge < -0.3 is 15.4 Å². The summed E-state index contributed by atoms with van der Waals surface area (Å²) in [5.41, 5.74) is 0.466. The standard InChI is InChI=1S/C13H17FN2O2.ClH/c1-2-18-12-4-3-10(7-11(12)14)16-13(17)9-5-6-15-8-9;/h3-4,7,9,15H,2,5-6,8H2,1H3,(H,16,17);1H. The number of carbonyl (C=O) groups is 1. The second-order valence-corrected chi connectivity index (χ2v) is 4.26. The number of nitrogens with one attached hydrogen (secondary N) is 2. The molecule has 1 aromatic rings. The first-order valence-corrected chi connectivity index (χ1v) is 6.14. The largest absolute Gasteiger partial charge is 0.491 e. The van der Waals surface area contributed by atoms with Gasteiger partial charge in [0.2, 0.25) is 5.91 Å². The molecule has 1 unspecified atom stereocenters. The maximum atomic E-state index is 13.6. The molecule has 1 atom stereocenters. The molecule has 4 nitrogen and oxygen atoms in total. The Morgan fingerprint density at radius 2 is 2.37 bits per heavy atom. The average Bonchev–Trinajstić information content (AvgIpc) is 2.86. The Hall–Kier alpha value is -1.33. The number of benzene rings is 1. The fraction of sp³-hybridized carbons (Fsp3) is 0.462. The summed E-state index contributed by atoms with van der Waals surface area (Å²) in [4.78, 5) is 11.8. The highest BCUT2D eigenvalue weighted by atomic mass is 35.5. The van der Waals surface area contributed by atoms with Crippen LogP contribution in [0.4, 0.5) is 10.1 Å². The first kappa shape index (κ1) is 15.7. The summed E-state index contributed by atoms with van der Waals surface area (Å²) in [5, 5.41) is 5.84. The van der Waals surface area contributed by atoms with Gasteiger partial charge in [-0.1, -0.05) is 0 Å². The summed E-state index contributed by atoms with van der Waals surface area (Å²) in [6, 6.07) is 4.46. The van der Waals surface area contributed by atoms with E-state index in [-0.39, 0.29) is 30.0 Å². The van der Waals surface area contributed by atoms with Gasteiger partial charge in [-0.05, 0) is 32.0 Å². The van der Waals surface area contributed by atoms with Crippen molar-refractivity contribution in [3.05, 3.63) is 24.0 Å². The van der Waals surface area contributed by atoms with Gasteiger partial charge in [0.25, 0.3) is 0 Å². The van der Waals surface area contributed by atoms with Crippen LogP contribution in [-0.4, -0.2) is 25.6 Å². The molecular weight excluding hydrogens is 271 g/mol. The molecule has 1 aliphatic rings. The highest BCUT2D eigenvalue weighted by Crippen LogP contribution is 2.22. The molecular formula is C13H18ClFN2O2. The van der Waals surface area contributed by atoms with Gasteiger partial charge in [0.05, 0.1) is 12.5 Å². The lowest BCUT2D eigenvalue weighted by Gasteiger charge is -2.11. The summed E-state index contributed by atoms with van der Waals surface area (Å²) >= 11 is 0. The molecule has 106 valence electrons. The minimum absolute atomic E-state index is 0. The molecule has 1 saturated heterocycles. The fourth-order valence-electron chi connectivity index (χ4n) is 1.97. The second kappa shape index (κ2) is 7.31. The molecule has 0 spiro atoms. The van der Waals surface area contributed by atoms with E-state index in [1.165, 1.54) is 12.1 Å². The Labute approximate surface area is 118 Å². The lowest BCUT2D eigenvalue weighted by Crippen LogP contribution is -2.24. The first-order chi connectivity index (χ1) is 8.70. The third kappa shape index (κ3) is 4.08. The Kier molecular flexibility index (Phi) is 6.05. The number of hydrogen-bond donors (Lipinski definition) is 2. The van der Waals surface area contributed by atoms with Gasteiger partial charge in [-0.2, -0.15) is 0 Å². The van der Waals surface area contributed by atoms with E-state index in [2.05, 4.69) is 10.6 Å². The minimum Gasteiger partial charge on any atom is -0.491 e. The molecule has 0 radical (unpaired) electrons. The zero-order chi connectivity index (χ0) is 13.0. The summed E-state index contributed by atoms with van der Waals surface area (Å²) in [5.74, 6) is -0.347. The van der Waals surface area contributed by atoms with Crippen LogP contribution in [0.5, 0.6) is 5.75 Å². The van der Waals surface area contributed by atoms with Gasteiger partial charge in [-0.15, -0.1) is 12.4 Å². The Bertz CT molecular complexity index is 437. The molecule has 1 aromatic carbocycles. The van der Waals surface area contributed by atoms with Crippen molar-refractivity contribution >= 4 is 24.0 Å². The lowest BCUT2D eigenvalue weighted by molar-refractivity contribution is -0.119. The van der Waals surface area contributed by atoms with Gasteiger partial charge in [0, 0.05) is 18.3 Å². The summed E-state index contributed by atoms with van der Waals surface area (Å²) < 4.78 is 18.7. The van der Waals surface area contributed by atoms with Crippen LogP contribution in [0.2, 0.25) is 0 Å². The van der Waals surface area contributed by atoms with Gasteiger partial charge in [0.15, 0.2) is 11.6 Å². The van der Waals surface area contributed by atoms with Crippen LogP contribution in [0, 0.1) is 11.7 Å². The van der Waals surface area contributed by atoms with Crippen LogP contribution in [0.15, 0.2) is 18.2 Å². The number of hydrogen-bond acceptors (Lipinski definition) is 3. The van der Waals surface area contributed by atoms with Gasteiger partial charge in [-0.25, -0.2) is 4.39 Å². The highest BCUT2D eigenvalue weighted by molar-refractivity contribution is 5.92. The molecule has 2 rings (SSSR count). The summed E-state index contributed by atoms with van der Waals surface area (Å²) in [6.45, 7) is 3.75. The fourth-order valence-corrected chi connectivity index (χ4v) is 1.97. The van der Waals surface area contributed by atoms with E-state index in [1.54, 1.807) is 13.0 Å². The zero-order valence-corrected chi connectivity index (χ0v) is 11.6. The Morgan fingerprint density at radius 1 is 1.58 bits per heavy atom. The smallest absolute Gasteiger partial charge is 0.228 e. The van der Waals surface area contributed by atoms with Crippen molar-refractivity contribution in [2.75, 3.05) is 25.0 Å². The van der Waals surface area contributed by atoms with Crippen LogP contribution in [0.3, 0.4) is 0 Å². The van der Waals surface area contributed by atoms with Gasteiger partial charge in [-0.3, -0.25) is 4.79 Å². The zero-order valence-electron chi connectivity index (χ0n) is 10.7. The molecule has 1 fully saturated rings. The molecule has 1 aliphatic heterocycles. The number of amides is 1. The Morgan fingerprint density at radius 3 is 2.95 bits per heavy atom. The van der Waals surface area contributed by atoms with Gasteiger partial charge >= 0.3 is 0 Å². The van der Waals surface area contributed by atoms with E-state index in [1.807, 2.05) is 0 Å². The molecule has 0 aliphatic carbocycles. The molecule has 0 saturated carbocycles. The van der Waals surface area contributed by atoms with Crippen LogP contribution >= 0.6 is 12.4 Å². The second-order valence-electron chi connectivity index (χ2n) is 4.26. The lowest BCUT2D eigenvalue weighted by atomic mass is 10.1. The number of rotatable bonds is 4. The van der Waals surface area contributed by atoms with E-state index in [4.69, 9.17) is 4.74 Å². The predicted molar refractivity (Wildman–Crippen MR) is 74.4 cm³/mol. The van der Waals surface area contributed by atoms with E-state index in [0.717, 1.165) is 13.0 Å². The van der Waals surface area contributed by atoms with Crippen molar-refractivity contribution in [3.63, 3.8) is 0 Å². The van der Waals surface area contributed by atoms with E-state index in [0.29, 0.717) is 18.8 Å². The van der Waals surface area contributed by atoms with E-state index >= 15 is 0 Å². The van der Waals surface area contributed by atoms with Crippen molar-refractivity contribution < 1.29 is 13.9 Å². The van der Waals surface area contributed by atoms with Crippen molar-refractivity contribution in [3.8, 4) is 5.75 Å². The van der Waals surface area contributed by atoms with Crippen LogP contribution < -0.4 is 15.4 Å². The number of halogens is 2. The van der Waals surface area contributed by atoms with Crippen molar-refractivity contribution in [1.29, 1.82) is 0 Å². The maximum Gasteiger partial charge on any atom is 0.228 e. The third-order valence-corrected chi connectivity index (χ3v) is 2.93. The SMILES string of the molecule is CCOc1ccc(NC(=O)C2CCNC2)cc1F.Cl. The van der Waals surface area contributed by atoms with Crippen molar-refractivity contribution in [1.82, 2.24) is 5.32 Å². The van der Waals surface area contributed by atoms with Crippen molar-refractivity contribution in [2.24, 2.45) is 5.92 Å². The highest BCUT2D eigenvalue weighted by Gasteiger charge is 2.22. The molecule has 1 amide bonds. The first-order valence-electron chi connectivity index (χ1n) is 6.14. The average molecular weight is 289 g/mol. The molecule has 19 heavy (non-hydrogen) atoms. The maximum absolute atomic E-state index is 13.6. The van der Waals surface area contributed by atoms with Crippen molar-refractivity contribution in [2.45, 2.75) is 13.3 Å². The molecule has 0 aromatic heterocycles. The minimum atomic E-state index is -0.459. The normalized spacial score (nSPS) is 17.7. The predicted octanol–water partition coefficient (Wildman–Crippen LogP) is 2.19. The summed E-state index contributed by atoms with van der Waals surface area (Å²) in [6.07, 6.45) is 0.825. The number of ether oxygens (including phenoxy) is 1.